The number of ether oxygens (including phenoxy) is 2. The fourth-order valence-electron chi connectivity index (χ4n) is 2.38. The molecule has 1 aromatic carbocycles. The SMILES string of the molecule is CCCCCCCCCOC(=O)CCC(=O)OCc1cccc(Br)c1. The highest BCUT2D eigenvalue weighted by atomic mass is 79.9. The van der Waals surface area contributed by atoms with Crippen molar-refractivity contribution in [1.82, 2.24) is 0 Å². The van der Waals surface area contributed by atoms with Crippen LogP contribution < -0.4 is 0 Å². The van der Waals surface area contributed by atoms with Gasteiger partial charge in [-0.05, 0) is 24.1 Å². The third-order valence-electron chi connectivity index (χ3n) is 3.83. The number of esters is 2. The highest BCUT2D eigenvalue weighted by Crippen LogP contribution is 2.13. The molecule has 4 nitrogen and oxygen atoms in total. The van der Waals surface area contributed by atoms with Crippen molar-refractivity contribution in [2.24, 2.45) is 0 Å². The maximum absolute atomic E-state index is 11.7. The van der Waals surface area contributed by atoms with Crippen molar-refractivity contribution in [2.75, 3.05) is 6.61 Å². The zero-order valence-electron chi connectivity index (χ0n) is 15.1. The summed E-state index contributed by atoms with van der Waals surface area (Å²) in [6.45, 7) is 2.86. The van der Waals surface area contributed by atoms with Gasteiger partial charge in [-0.25, -0.2) is 0 Å². The second-order valence-corrected chi connectivity index (χ2v) is 7.05. The van der Waals surface area contributed by atoms with Crippen LogP contribution in [-0.2, 0) is 25.7 Å². The number of halogens is 1. The van der Waals surface area contributed by atoms with E-state index in [0.29, 0.717) is 6.61 Å². The molecule has 0 saturated carbocycles. The molecule has 140 valence electrons. The number of rotatable bonds is 13. The van der Waals surface area contributed by atoms with Gasteiger partial charge in [-0.3, -0.25) is 9.59 Å². The smallest absolute Gasteiger partial charge is 0.306 e. The van der Waals surface area contributed by atoms with E-state index in [-0.39, 0.29) is 31.4 Å². The van der Waals surface area contributed by atoms with E-state index in [1.54, 1.807) is 0 Å². The van der Waals surface area contributed by atoms with E-state index in [0.717, 1.165) is 22.9 Å². The minimum atomic E-state index is -0.382. The number of unbranched alkanes of at least 4 members (excludes halogenated alkanes) is 6. The Kier molecular flexibility index (Phi) is 12.0. The topological polar surface area (TPSA) is 52.6 Å². The van der Waals surface area contributed by atoms with Crippen molar-refractivity contribution in [3.05, 3.63) is 34.3 Å². The van der Waals surface area contributed by atoms with E-state index >= 15 is 0 Å². The van der Waals surface area contributed by atoms with E-state index in [1.165, 1.54) is 32.1 Å². The number of benzene rings is 1. The lowest BCUT2D eigenvalue weighted by molar-refractivity contribution is -0.151. The first-order valence-electron chi connectivity index (χ1n) is 9.17. The molecule has 0 amide bonds. The van der Waals surface area contributed by atoms with Gasteiger partial charge in [-0.2, -0.15) is 0 Å². The number of hydrogen-bond donors (Lipinski definition) is 0. The standard InChI is InChI=1S/C20H29BrO4/c1-2-3-4-5-6-7-8-14-24-19(22)12-13-20(23)25-16-17-10-9-11-18(21)15-17/h9-11,15H,2-8,12-14,16H2,1H3. The van der Waals surface area contributed by atoms with Crippen LogP contribution in [0.2, 0.25) is 0 Å². The van der Waals surface area contributed by atoms with Crippen LogP contribution >= 0.6 is 15.9 Å². The number of carbonyl (C=O) groups excluding carboxylic acids is 2. The second kappa shape index (κ2) is 13.9. The predicted molar refractivity (Wildman–Crippen MR) is 102 cm³/mol. The Morgan fingerprint density at radius 1 is 0.920 bits per heavy atom. The molecule has 1 aromatic rings. The lowest BCUT2D eigenvalue weighted by Crippen LogP contribution is -2.11. The van der Waals surface area contributed by atoms with Crippen molar-refractivity contribution in [1.29, 1.82) is 0 Å². The summed E-state index contributed by atoms with van der Waals surface area (Å²) in [7, 11) is 0. The lowest BCUT2D eigenvalue weighted by atomic mass is 10.1. The first-order valence-corrected chi connectivity index (χ1v) is 9.96. The number of carbonyl (C=O) groups is 2. The zero-order valence-corrected chi connectivity index (χ0v) is 16.7. The summed E-state index contributed by atoms with van der Waals surface area (Å²) in [5.74, 6) is -0.710. The van der Waals surface area contributed by atoms with Crippen LogP contribution in [0, 0.1) is 0 Å². The largest absolute Gasteiger partial charge is 0.466 e. The molecule has 1 rings (SSSR count). The van der Waals surface area contributed by atoms with Crippen molar-refractivity contribution >= 4 is 27.9 Å². The fraction of sp³-hybridized carbons (Fsp3) is 0.600. The Bertz CT molecular complexity index is 516. The predicted octanol–water partition coefficient (Wildman–Crippen LogP) is 5.57. The monoisotopic (exact) mass is 412 g/mol. The van der Waals surface area contributed by atoms with Gasteiger partial charge in [0.25, 0.3) is 0 Å². The fourth-order valence-corrected chi connectivity index (χ4v) is 2.83. The van der Waals surface area contributed by atoms with Crippen LogP contribution in [0.4, 0.5) is 0 Å². The Hall–Kier alpha value is -1.36. The molecule has 25 heavy (non-hydrogen) atoms. The van der Waals surface area contributed by atoms with Crippen LogP contribution in [0.3, 0.4) is 0 Å². The van der Waals surface area contributed by atoms with E-state index in [1.807, 2.05) is 24.3 Å². The molecule has 0 saturated heterocycles. The van der Waals surface area contributed by atoms with Crippen molar-refractivity contribution in [3.63, 3.8) is 0 Å². The van der Waals surface area contributed by atoms with Gasteiger partial charge in [0.1, 0.15) is 6.61 Å². The highest BCUT2D eigenvalue weighted by Gasteiger charge is 2.09. The summed E-state index contributed by atoms with van der Waals surface area (Å²) < 4.78 is 11.2. The molecule has 0 fully saturated rings. The van der Waals surface area contributed by atoms with Gasteiger partial charge in [0, 0.05) is 4.47 Å². The minimum absolute atomic E-state index is 0.0594. The molecule has 0 aliphatic carbocycles. The lowest BCUT2D eigenvalue weighted by Gasteiger charge is -2.06. The molecule has 0 unspecified atom stereocenters. The molecular formula is C20H29BrO4. The molecule has 0 N–H and O–H groups in total. The van der Waals surface area contributed by atoms with Crippen LogP contribution in [0.25, 0.3) is 0 Å². The molecule has 0 aliphatic heterocycles. The van der Waals surface area contributed by atoms with E-state index in [9.17, 15) is 9.59 Å². The van der Waals surface area contributed by atoms with Crippen LogP contribution in [-0.4, -0.2) is 18.5 Å². The Morgan fingerprint density at radius 3 is 2.24 bits per heavy atom. The van der Waals surface area contributed by atoms with Crippen LogP contribution in [0.1, 0.15) is 70.3 Å². The van der Waals surface area contributed by atoms with Crippen molar-refractivity contribution in [3.8, 4) is 0 Å². The molecule has 5 heteroatoms. The Labute approximate surface area is 159 Å². The second-order valence-electron chi connectivity index (χ2n) is 6.13. The highest BCUT2D eigenvalue weighted by molar-refractivity contribution is 9.10. The Balaban J connectivity index is 2.01. The van der Waals surface area contributed by atoms with E-state index in [2.05, 4.69) is 22.9 Å². The average molecular weight is 413 g/mol. The average Bonchev–Trinajstić information content (AvgIpc) is 2.60. The molecule has 0 aliphatic rings. The van der Waals surface area contributed by atoms with Crippen LogP contribution in [0.5, 0.6) is 0 Å². The summed E-state index contributed by atoms with van der Waals surface area (Å²) >= 11 is 3.37. The Morgan fingerprint density at radius 2 is 1.56 bits per heavy atom. The van der Waals surface area contributed by atoms with Gasteiger partial charge in [0.15, 0.2) is 0 Å². The van der Waals surface area contributed by atoms with Crippen molar-refractivity contribution in [2.45, 2.75) is 71.3 Å². The molecule has 0 aromatic heterocycles. The molecule has 0 atom stereocenters. The molecule has 0 radical (unpaired) electrons. The maximum atomic E-state index is 11.7. The van der Waals surface area contributed by atoms with Gasteiger partial charge < -0.3 is 9.47 Å². The molecular weight excluding hydrogens is 384 g/mol. The third kappa shape index (κ3) is 11.8. The van der Waals surface area contributed by atoms with Gasteiger partial charge in [0.2, 0.25) is 0 Å². The van der Waals surface area contributed by atoms with Crippen LogP contribution in [0.15, 0.2) is 28.7 Å². The first-order chi connectivity index (χ1) is 12.1. The zero-order chi connectivity index (χ0) is 18.3. The van der Waals surface area contributed by atoms with Gasteiger partial charge in [-0.1, -0.05) is 73.5 Å². The third-order valence-corrected chi connectivity index (χ3v) is 4.33. The number of hydrogen-bond acceptors (Lipinski definition) is 4. The van der Waals surface area contributed by atoms with E-state index in [4.69, 9.17) is 9.47 Å². The van der Waals surface area contributed by atoms with Crippen molar-refractivity contribution < 1.29 is 19.1 Å². The summed E-state index contributed by atoms with van der Waals surface area (Å²) in [4.78, 5) is 23.3. The quantitative estimate of drug-likeness (QED) is 0.314. The summed E-state index contributed by atoms with van der Waals surface area (Å²) in [6, 6.07) is 7.57. The first kappa shape index (κ1) is 21.7. The summed E-state index contributed by atoms with van der Waals surface area (Å²) in [6.07, 6.45) is 8.41. The minimum Gasteiger partial charge on any atom is -0.466 e. The van der Waals surface area contributed by atoms with Gasteiger partial charge in [-0.15, -0.1) is 0 Å². The molecule has 0 heterocycles. The summed E-state index contributed by atoms with van der Waals surface area (Å²) in [5, 5.41) is 0. The van der Waals surface area contributed by atoms with E-state index < -0.39 is 0 Å². The summed E-state index contributed by atoms with van der Waals surface area (Å²) in [5.41, 5.74) is 0.907. The van der Waals surface area contributed by atoms with Gasteiger partial charge >= 0.3 is 11.9 Å². The normalized spacial score (nSPS) is 10.5. The molecule has 0 spiro atoms. The van der Waals surface area contributed by atoms with Gasteiger partial charge in [0.05, 0.1) is 19.4 Å². The molecule has 0 bridgehead atoms. The maximum Gasteiger partial charge on any atom is 0.306 e.